The van der Waals surface area contributed by atoms with Gasteiger partial charge in [-0.05, 0) is 31.4 Å². The van der Waals surface area contributed by atoms with E-state index in [1.165, 1.54) is 16.7 Å². The zero-order valence-electron chi connectivity index (χ0n) is 12.5. The molecule has 1 aliphatic heterocycles. The van der Waals surface area contributed by atoms with Crippen LogP contribution in [0.2, 0.25) is 0 Å². The molecule has 0 saturated carbocycles. The molecule has 1 aliphatic rings. The maximum atomic E-state index is 9.33. The first-order chi connectivity index (χ1) is 9.57. The third kappa shape index (κ3) is 3.28. The van der Waals surface area contributed by atoms with Crippen molar-refractivity contribution in [3.05, 3.63) is 41.5 Å². The molecule has 0 spiro atoms. The Balaban J connectivity index is 2.37. The summed E-state index contributed by atoms with van der Waals surface area (Å²) in [6.07, 6.45) is 2.10. The standard InChI is InChI=1S/C17H23NO2/c1-4-8-14(13-9-6-5-7-10-13)15-11-20-16(15)18-17(2,3)12-19/h5-7,9-10,19H,4,8,11-12H2,1-3H3/b15-14+,18-16?. The predicted molar refractivity (Wildman–Crippen MR) is 82.8 cm³/mol. The number of benzene rings is 1. The lowest BCUT2D eigenvalue weighted by Crippen LogP contribution is -2.32. The van der Waals surface area contributed by atoms with Crippen LogP contribution in [0, 0.1) is 0 Å². The molecule has 1 aromatic carbocycles. The summed E-state index contributed by atoms with van der Waals surface area (Å²) >= 11 is 0. The van der Waals surface area contributed by atoms with Gasteiger partial charge >= 0.3 is 0 Å². The van der Waals surface area contributed by atoms with E-state index in [4.69, 9.17) is 4.74 Å². The Morgan fingerprint density at radius 2 is 2.00 bits per heavy atom. The minimum atomic E-state index is -0.491. The number of hydrogen-bond acceptors (Lipinski definition) is 3. The van der Waals surface area contributed by atoms with Crippen LogP contribution in [0.15, 0.2) is 40.9 Å². The molecular formula is C17H23NO2. The van der Waals surface area contributed by atoms with E-state index in [1.807, 2.05) is 19.9 Å². The highest BCUT2D eigenvalue weighted by atomic mass is 16.5. The Morgan fingerprint density at radius 1 is 1.30 bits per heavy atom. The van der Waals surface area contributed by atoms with Crippen LogP contribution in [0.25, 0.3) is 5.57 Å². The van der Waals surface area contributed by atoms with Gasteiger partial charge < -0.3 is 9.84 Å². The number of ether oxygens (including phenoxy) is 1. The summed E-state index contributed by atoms with van der Waals surface area (Å²) in [5.41, 5.74) is 3.24. The third-order valence-electron chi connectivity index (χ3n) is 3.39. The van der Waals surface area contributed by atoms with Crippen LogP contribution >= 0.6 is 0 Å². The topological polar surface area (TPSA) is 41.8 Å². The molecule has 20 heavy (non-hydrogen) atoms. The molecule has 1 aromatic rings. The molecule has 0 atom stereocenters. The van der Waals surface area contributed by atoms with Crippen LogP contribution in [-0.4, -0.2) is 29.8 Å². The Morgan fingerprint density at radius 3 is 2.50 bits per heavy atom. The highest BCUT2D eigenvalue weighted by Gasteiger charge is 2.28. The van der Waals surface area contributed by atoms with Crippen LogP contribution in [0.1, 0.15) is 39.2 Å². The van der Waals surface area contributed by atoms with Crippen molar-refractivity contribution >= 4 is 11.5 Å². The monoisotopic (exact) mass is 273 g/mol. The summed E-state index contributed by atoms with van der Waals surface area (Å²) < 4.78 is 5.51. The van der Waals surface area contributed by atoms with Gasteiger partial charge in [0.05, 0.1) is 17.7 Å². The normalized spacial score (nSPS) is 19.5. The van der Waals surface area contributed by atoms with Crippen molar-refractivity contribution in [1.29, 1.82) is 0 Å². The van der Waals surface area contributed by atoms with E-state index in [-0.39, 0.29) is 6.61 Å². The molecule has 3 nitrogen and oxygen atoms in total. The Labute approximate surface area is 121 Å². The first kappa shape index (κ1) is 14.8. The molecule has 0 amide bonds. The first-order valence-corrected chi connectivity index (χ1v) is 7.18. The minimum absolute atomic E-state index is 0.0155. The van der Waals surface area contributed by atoms with Gasteiger partial charge in [0.15, 0.2) is 0 Å². The van der Waals surface area contributed by atoms with E-state index >= 15 is 0 Å². The SMILES string of the molecule is CCC/C(=C1/COC1=NC(C)(C)CO)c1ccccc1. The predicted octanol–water partition coefficient (Wildman–Crippen LogP) is 3.44. The molecule has 1 heterocycles. The van der Waals surface area contributed by atoms with Gasteiger partial charge in [-0.2, -0.15) is 0 Å². The summed E-state index contributed by atoms with van der Waals surface area (Å²) in [7, 11) is 0. The second-order valence-corrected chi connectivity index (χ2v) is 5.75. The number of hydrogen-bond donors (Lipinski definition) is 1. The van der Waals surface area contributed by atoms with Crippen molar-refractivity contribution in [3.63, 3.8) is 0 Å². The Hall–Kier alpha value is -1.61. The van der Waals surface area contributed by atoms with E-state index in [0.29, 0.717) is 12.5 Å². The number of rotatable bonds is 5. The van der Waals surface area contributed by atoms with Gasteiger partial charge in [-0.1, -0.05) is 43.7 Å². The van der Waals surface area contributed by atoms with Gasteiger partial charge in [0.25, 0.3) is 0 Å². The van der Waals surface area contributed by atoms with Gasteiger partial charge in [-0.25, -0.2) is 4.99 Å². The molecule has 0 aromatic heterocycles. The number of aliphatic imine (C=N–C) groups is 1. The first-order valence-electron chi connectivity index (χ1n) is 7.18. The van der Waals surface area contributed by atoms with E-state index < -0.39 is 5.54 Å². The zero-order chi connectivity index (χ0) is 14.6. The smallest absolute Gasteiger partial charge is 0.216 e. The lowest BCUT2D eigenvalue weighted by atomic mass is 9.94. The quantitative estimate of drug-likeness (QED) is 0.893. The van der Waals surface area contributed by atoms with Crippen molar-refractivity contribution in [1.82, 2.24) is 0 Å². The van der Waals surface area contributed by atoms with E-state index in [1.54, 1.807) is 0 Å². The zero-order valence-corrected chi connectivity index (χ0v) is 12.5. The second kappa shape index (κ2) is 6.23. The van der Waals surface area contributed by atoms with Crippen LogP contribution in [0.5, 0.6) is 0 Å². The minimum Gasteiger partial charge on any atom is -0.473 e. The fraction of sp³-hybridized carbons (Fsp3) is 0.471. The highest BCUT2D eigenvalue weighted by Crippen LogP contribution is 2.30. The maximum absolute atomic E-state index is 9.33. The van der Waals surface area contributed by atoms with E-state index in [9.17, 15) is 5.11 Å². The average Bonchev–Trinajstić information content (AvgIpc) is 2.44. The molecule has 1 saturated heterocycles. The maximum Gasteiger partial charge on any atom is 0.216 e. The van der Waals surface area contributed by atoms with Crippen LogP contribution in [0.3, 0.4) is 0 Å². The van der Waals surface area contributed by atoms with E-state index in [2.05, 4.69) is 36.2 Å². The molecule has 0 radical (unpaired) electrons. The van der Waals surface area contributed by atoms with Crippen molar-refractivity contribution in [2.75, 3.05) is 13.2 Å². The van der Waals surface area contributed by atoms with Crippen LogP contribution in [-0.2, 0) is 4.74 Å². The van der Waals surface area contributed by atoms with Gasteiger partial charge in [-0.3, -0.25) is 0 Å². The van der Waals surface area contributed by atoms with Gasteiger partial charge in [0.2, 0.25) is 5.90 Å². The molecule has 1 N–H and O–H groups in total. The van der Waals surface area contributed by atoms with Gasteiger partial charge in [0.1, 0.15) is 6.61 Å². The number of aliphatic hydroxyl groups excluding tert-OH is 1. The summed E-state index contributed by atoms with van der Waals surface area (Å²) in [5.74, 6) is 0.691. The molecule has 2 rings (SSSR count). The second-order valence-electron chi connectivity index (χ2n) is 5.75. The molecule has 1 fully saturated rings. The average molecular weight is 273 g/mol. The lowest BCUT2D eigenvalue weighted by molar-refractivity contribution is 0.213. The molecule has 3 heteroatoms. The van der Waals surface area contributed by atoms with Crippen LogP contribution in [0.4, 0.5) is 0 Å². The van der Waals surface area contributed by atoms with Gasteiger partial charge in [-0.15, -0.1) is 0 Å². The molecular weight excluding hydrogens is 250 g/mol. The Kier molecular flexibility index (Phi) is 4.61. The lowest BCUT2D eigenvalue weighted by Gasteiger charge is -2.29. The number of nitrogens with zero attached hydrogens (tertiary/aromatic N) is 1. The molecule has 108 valence electrons. The summed E-state index contributed by atoms with van der Waals surface area (Å²) in [5, 5.41) is 9.33. The summed E-state index contributed by atoms with van der Waals surface area (Å²) in [6, 6.07) is 10.4. The van der Waals surface area contributed by atoms with Gasteiger partial charge in [0, 0.05) is 0 Å². The molecule has 0 unspecified atom stereocenters. The summed E-state index contributed by atoms with van der Waals surface area (Å²) in [6.45, 7) is 6.62. The number of allylic oxidation sites excluding steroid dienone is 1. The van der Waals surface area contributed by atoms with Crippen molar-refractivity contribution in [2.24, 2.45) is 4.99 Å². The fourth-order valence-electron chi connectivity index (χ4n) is 2.19. The largest absolute Gasteiger partial charge is 0.473 e. The fourth-order valence-corrected chi connectivity index (χ4v) is 2.19. The summed E-state index contributed by atoms with van der Waals surface area (Å²) in [4.78, 5) is 4.53. The van der Waals surface area contributed by atoms with Crippen molar-refractivity contribution in [3.8, 4) is 0 Å². The highest BCUT2D eigenvalue weighted by molar-refractivity contribution is 6.06. The third-order valence-corrected chi connectivity index (χ3v) is 3.39. The number of aliphatic hydroxyl groups is 1. The Bertz CT molecular complexity index is 515. The van der Waals surface area contributed by atoms with E-state index in [0.717, 1.165) is 12.8 Å². The molecule has 0 bridgehead atoms. The molecule has 0 aliphatic carbocycles. The van der Waals surface area contributed by atoms with Crippen molar-refractivity contribution < 1.29 is 9.84 Å². The van der Waals surface area contributed by atoms with Crippen LogP contribution < -0.4 is 0 Å². The van der Waals surface area contributed by atoms with Crippen molar-refractivity contribution in [2.45, 2.75) is 39.2 Å².